The Bertz CT molecular complexity index is 935. The second kappa shape index (κ2) is 9.13. The fraction of sp³-hybridized carbons (Fsp3) is 0.333. The summed E-state index contributed by atoms with van der Waals surface area (Å²) in [5.41, 5.74) is 2.29. The molecular weight excluding hydrogens is 415 g/mol. The molecule has 2 atom stereocenters. The van der Waals surface area contributed by atoms with E-state index < -0.39 is 0 Å². The molecule has 0 amide bonds. The molecule has 2 heterocycles. The Labute approximate surface area is 178 Å². The molecule has 0 aliphatic carbocycles. The molecule has 1 saturated heterocycles. The Morgan fingerprint density at radius 1 is 1.17 bits per heavy atom. The van der Waals surface area contributed by atoms with Crippen molar-refractivity contribution in [2.24, 2.45) is 11.1 Å². The average Bonchev–Trinajstić information content (AvgIpc) is 3.02. The lowest BCUT2D eigenvalue weighted by molar-refractivity contribution is -0.140. The van der Waals surface area contributed by atoms with Crippen molar-refractivity contribution in [2.45, 2.75) is 12.5 Å². The van der Waals surface area contributed by atoms with Crippen molar-refractivity contribution < 1.29 is 19.1 Å². The number of nitrogens with one attached hydrogen (secondary N) is 1. The number of halogens is 2. The minimum Gasteiger partial charge on any atom is -0.492 e. The maximum atomic E-state index is 11.4. The minimum atomic E-state index is -0.365. The van der Waals surface area contributed by atoms with E-state index in [-0.39, 0.29) is 24.4 Å². The van der Waals surface area contributed by atoms with Crippen LogP contribution >= 0.6 is 23.2 Å². The first kappa shape index (κ1) is 20.2. The number of ether oxygens (including phenoxy) is 2. The van der Waals surface area contributed by atoms with Crippen LogP contribution in [0, 0.1) is 5.92 Å². The molecule has 6 nitrogen and oxygen atoms in total. The van der Waals surface area contributed by atoms with Crippen molar-refractivity contribution in [3.05, 3.63) is 63.6 Å². The van der Waals surface area contributed by atoms with Gasteiger partial charge in [0.05, 0.1) is 35.8 Å². The molecular formula is C21H20Cl2N2O4. The monoisotopic (exact) mass is 434 g/mol. The van der Waals surface area contributed by atoms with Gasteiger partial charge in [-0.15, -0.1) is 0 Å². The van der Waals surface area contributed by atoms with Gasteiger partial charge in [0.2, 0.25) is 0 Å². The highest BCUT2D eigenvalue weighted by molar-refractivity contribution is 6.42. The summed E-state index contributed by atoms with van der Waals surface area (Å²) < 4.78 is 12.3. The Balaban J connectivity index is 1.53. The van der Waals surface area contributed by atoms with Gasteiger partial charge in [0.25, 0.3) is 0 Å². The first-order chi connectivity index (χ1) is 14.1. The van der Waals surface area contributed by atoms with E-state index in [1.54, 1.807) is 6.07 Å². The molecule has 152 valence electrons. The Morgan fingerprint density at radius 3 is 2.83 bits per heavy atom. The van der Waals surface area contributed by atoms with E-state index in [4.69, 9.17) is 37.5 Å². The quantitative estimate of drug-likeness (QED) is 0.720. The Hall–Kier alpha value is -2.12. The fourth-order valence-corrected chi connectivity index (χ4v) is 3.78. The van der Waals surface area contributed by atoms with E-state index in [1.807, 2.05) is 36.4 Å². The molecule has 29 heavy (non-hydrogen) atoms. The lowest BCUT2D eigenvalue weighted by Gasteiger charge is -2.26. The highest BCUT2D eigenvalue weighted by Crippen LogP contribution is 2.33. The van der Waals surface area contributed by atoms with Crippen LogP contribution in [0.2, 0.25) is 10.0 Å². The minimum absolute atomic E-state index is 0.0474. The number of oxime groups is 1. The van der Waals surface area contributed by atoms with Crippen LogP contribution in [0.15, 0.2) is 47.6 Å². The molecule has 2 aliphatic rings. The Morgan fingerprint density at radius 2 is 2.03 bits per heavy atom. The zero-order valence-electron chi connectivity index (χ0n) is 15.6. The van der Waals surface area contributed by atoms with Gasteiger partial charge >= 0.3 is 5.97 Å². The molecule has 8 heteroatoms. The van der Waals surface area contributed by atoms with Crippen LogP contribution in [0.25, 0.3) is 0 Å². The van der Waals surface area contributed by atoms with Crippen LogP contribution in [0.4, 0.5) is 0 Å². The van der Waals surface area contributed by atoms with E-state index in [9.17, 15) is 4.79 Å². The van der Waals surface area contributed by atoms with Gasteiger partial charge in [-0.1, -0.05) is 46.6 Å². The normalized spacial score (nSPS) is 22.0. The van der Waals surface area contributed by atoms with E-state index in [2.05, 4.69) is 10.5 Å². The van der Waals surface area contributed by atoms with Crippen molar-refractivity contribution in [2.75, 3.05) is 26.3 Å². The van der Waals surface area contributed by atoms with Gasteiger partial charge in [0, 0.05) is 24.6 Å². The summed E-state index contributed by atoms with van der Waals surface area (Å²) in [5.74, 6) is 0.337. The van der Waals surface area contributed by atoms with Crippen molar-refractivity contribution in [3.8, 4) is 5.75 Å². The van der Waals surface area contributed by atoms with Crippen molar-refractivity contribution >= 4 is 34.9 Å². The molecule has 0 bridgehead atoms. The number of nitrogens with zero attached hydrogens (tertiary/aromatic N) is 1. The smallest absolute Gasteiger partial charge is 0.341 e. The van der Waals surface area contributed by atoms with Gasteiger partial charge in [0.15, 0.2) is 0 Å². The molecule has 0 saturated carbocycles. The summed E-state index contributed by atoms with van der Waals surface area (Å²) in [7, 11) is 0. The lowest BCUT2D eigenvalue weighted by atomic mass is 9.96. The van der Waals surface area contributed by atoms with Crippen LogP contribution in [-0.2, 0) is 14.4 Å². The van der Waals surface area contributed by atoms with Crippen molar-refractivity contribution in [1.82, 2.24) is 5.32 Å². The van der Waals surface area contributed by atoms with Gasteiger partial charge < -0.3 is 19.6 Å². The first-order valence-electron chi connectivity index (χ1n) is 9.38. The third kappa shape index (κ3) is 4.73. The standard InChI is InChI=1S/C21H20Cl2N2O4/c22-16-6-5-13(9-17(16)23)21-14(11-24-7-8-27-21)12-28-19-4-2-1-3-15(19)18-10-20(26)29-25-18/h1-6,9,14,21,24H,7-8,10-12H2/t14-,21-/m0/s1. The zero-order chi connectivity index (χ0) is 20.2. The van der Waals surface area contributed by atoms with Gasteiger partial charge in [-0.3, -0.25) is 0 Å². The first-order valence-corrected chi connectivity index (χ1v) is 10.1. The maximum Gasteiger partial charge on any atom is 0.341 e. The van der Waals surface area contributed by atoms with Gasteiger partial charge in [-0.25, -0.2) is 4.79 Å². The number of hydrogen-bond acceptors (Lipinski definition) is 6. The largest absolute Gasteiger partial charge is 0.492 e. The molecule has 0 unspecified atom stereocenters. The van der Waals surface area contributed by atoms with Crippen molar-refractivity contribution in [3.63, 3.8) is 0 Å². The number of benzene rings is 2. The predicted molar refractivity (Wildman–Crippen MR) is 111 cm³/mol. The summed E-state index contributed by atoms with van der Waals surface area (Å²) in [6.45, 7) is 2.50. The van der Waals surface area contributed by atoms with Crippen LogP contribution in [0.1, 0.15) is 23.7 Å². The van der Waals surface area contributed by atoms with Crippen LogP contribution in [0.5, 0.6) is 5.75 Å². The SMILES string of the molecule is O=C1CC(c2ccccc2OC[C@@H]2CNCCO[C@H]2c2ccc(Cl)c(Cl)c2)=NO1. The van der Waals surface area contributed by atoms with E-state index in [1.165, 1.54) is 0 Å². The van der Waals surface area contributed by atoms with Crippen LogP contribution < -0.4 is 10.1 Å². The molecule has 2 aromatic carbocycles. The van der Waals surface area contributed by atoms with E-state index >= 15 is 0 Å². The predicted octanol–water partition coefficient (Wildman–Crippen LogP) is 4.00. The van der Waals surface area contributed by atoms with Crippen molar-refractivity contribution in [1.29, 1.82) is 0 Å². The van der Waals surface area contributed by atoms with E-state index in [0.29, 0.717) is 34.7 Å². The Kier molecular flexibility index (Phi) is 6.35. The lowest BCUT2D eigenvalue weighted by Crippen LogP contribution is -2.29. The van der Waals surface area contributed by atoms with Crippen LogP contribution in [0.3, 0.4) is 0 Å². The summed E-state index contributed by atoms with van der Waals surface area (Å²) in [4.78, 5) is 16.1. The molecule has 2 aromatic rings. The molecule has 4 rings (SSSR count). The van der Waals surface area contributed by atoms with Crippen LogP contribution in [-0.4, -0.2) is 38.0 Å². The number of rotatable bonds is 5. The van der Waals surface area contributed by atoms with E-state index in [0.717, 1.165) is 24.2 Å². The van der Waals surface area contributed by atoms with Gasteiger partial charge in [-0.05, 0) is 29.8 Å². The third-order valence-corrected chi connectivity index (χ3v) is 5.64. The topological polar surface area (TPSA) is 69.2 Å². The molecule has 0 spiro atoms. The number of carbonyl (C=O) groups excluding carboxylic acids is 1. The summed E-state index contributed by atoms with van der Waals surface area (Å²) >= 11 is 12.3. The summed E-state index contributed by atoms with van der Waals surface area (Å²) in [6, 6.07) is 13.0. The third-order valence-electron chi connectivity index (χ3n) is 4.90. The maximum absolute atomic E-state index is 11.4. The molecule has 0 radical (unpaired) electrons. The number of hydrogen-bond donors (Lipinski definition) is 1. The molecule has 0 aromatic heterocycles. The highest BCUT2D eigenvalue weighted by Gasteiger charge is 2.28. The number of para-hydroxylation sites is 1. The average molecular weight is 435 g/mol. The fourth-order valence-electron chi connectivity index (χ4n) is 3.47. The molecule has 1 fully saturated rings. The summed E-state index contributed by atoms with van der Waals surface area (Å²) in [6.07, 6.45) is -0.0407. The summed E-state index contributed by atoms with van der Waals surface area (Å²) in [5, 5.41) is 8.25. The zero-order valence-corrected chi connectivity index (χ0v) is 17.1. The molecule has 2 aliphatic heterocycles. The number of carbonyl (C=O) groups is 1. The molecule has 1 N–H and O–H groups in total. The van der Waals surface area contributed by atoms with Gasteiger partial charge in [0.1, 0.15) is 11.5 Å². The highest BCUT2D eigenvalue weighted by atomic mass is 35.5. The second-order valence-electron chi connectivity index (χ2n) is 6.91. The second-order valence-corrected chi connectivity index (χ2v) is 7.73. The van der Waals surface area contributed by atoms with Gasteiger partial charge in [-0.2, -0.15) is 0 Å².